The van der Waals surface area contributed by atoms with Gasteiger partial charge in [-0.15, -0.1) is 0 Å². The third-order valence-corrected chi connectivity index (χ3v) is 6.62. The SMILES string of the molecule is COc1ccc(CN2CCO[C@@](COc3ccc(F)cc3)(CC(=O)N3CCN(C)CC3)C2)cc1O. The molecule has 2 aliphatic heterocycles. The largest absolute Gasteiger partial charge is 0.504 e. The number of benzene rings is 2. The molecule has 2 aromatic rings. The zero-order valence-electron chi connectivity index (χ0n) is 20.4. The number of phenols is 1. The Labute approximate surface area is 205 Å². The molecular formula is C26H34FN3O5. The van der Waals surface area contributed by atoms with E-state index in [1.54, 1.807) is 24.3 Å². The molecule has 1 amide bonds. The Morgan fingerprint density at radius 1 is 1.11 bits per heavy atom. The second-order valence-corrected chi connectivity index (χ2v) is 9.35. The number of piperazine rings is 1. The fourth-order valence-electron chi connectivity index (χ4n) is 4.58. The fourth-order valence-corrected chi connectivity index (χ4v) is 4.58. The van der Waals surface area contributed by atoms with Crippen molar-refractivity contribution in [1.82, 2.24) is 14.7 Å². The first-order valence-electron chi connectivity index (χ1n) is 11.9. The van der Waals surface area contributed by atoms with Crippen molar-refractivity contribution in [3.63, 3.8) is 0 Å². The highest BCUT2D eigenvalue weighted by Gasteiger charge is 2.41. The molecule has 1 atom stereocenters. The third-order valence-electron chi connectivity index (χ3n) is 6.62. The summed E-state index contributed by atoms with van der Waals surface area (Å²) in [6.07, 6.45) is 0.197. The highest BCUT2D eigenvalue weighted by Crippen LogP contribution is 2.29. The van der Waals surface area contributed by atoms with Crippen LogP contribution in [0.25, 0.3) is 0 Å². The molecule has 2 saturated heterocycles. The molecule has 2 fully saturated rings. The molecular weight excluding hydrogens is 453 g/mol. The summed E-state index contributed by atoms with van der Waals surface area (Å²) in [6, 6.07) is 11.2. The molecule has 35 heavy (non-hydrogen) atoms. The van der Waals surface area contributed by atoms with E-state index >= 15 is 0 Å². The van der Waals surface area contributed by atoms with Crippen molar-refractivity contribution in [3.05, 3.63) is 53.8 Å². The average Bonchev–Trinajstić information content (AvgIpc) is 2.84. The van der Waals surface area contributed by atoms with E-state index in [0.717, 1.165) is 18.7 Å². The number of amides is 1. The lowest BCUT2D eigenvalue weighted by Crippen LogP contribution is -2.58. The molecule has 8 nitrogen and oxygen atoms in total. The summed E-state index contributed by atoms with van der Waals surface area (Å²) < 4.78 is 30.7. The normalized spacial score (nSPS) is 21.6. The number of carbonyl (C=O) groups excluding carboxylic acids is 1. The van der Waals surface area contributed by atoms with Crippen LogP contribution in [0.1, 0.15) is 12.0 Å². The number of methoxy groups -OCH3 is 1. The van der Waals surface area contributed by atoms with Crippen molar-refractivity contribution in [2.45, 2.75) is 18.6 Å². The number of carbonyl (C=O) groups is 1. The number of morpholine rings is 1. The maximum atomic E-state index is 13.3. The zero-order chi connectivity index (χ0) is 24.8. The number of phenolic OH excluding ortho intramolecular Hbond substituents is 1. The fraction of sp³-hybridized carbons (Fsp3) is 0.500. The van der Waals surface area contributed by atoms with Gasteiger partial charge in [0.05, 0.1) is 20.1 Å². The molecule has 2 heterocycles. The topological polar surface area (TPSA) is 74.7 Å². The third kappa shape index (κ3) is 6.62. The van der Waals surface area contributed by atoms with Crippen molar-refractivity contribution < 1.29 is 28.5 Å². The Kier molecular flexibility index (Phi) is 8.10. The van der Waals surface area contributed by atoms with Crippen LogP contribution in [-0.2, 0) is 16.1 Å². The smallest absolute Gasteiger partial charge is 0.225 e. The molecule has 0 aliphatic carbocycles. The molecule has 190 valence electrons. The van der Waals surface area contributed by atoms with Crippen LogP contribution in [0, 0.1) is 5.82 Å². The molecule has 2 aliphatic rings. The molecule has 0 bridgehead atoms. The van der Waals surface area contributed by atoms with E-state index in [9.17, 15) is 14.3 Å². The Hall–Kier alpha value is -2.88. The van der Waals surface area contributed by atoms with Crippen LogP contribution < -0.4 is 9.47 Å². The van der Waals surface area contributed by atoms with Crippen molar-refractivity contribution >= 4 is 5.91 Å². The monoisotopic (exact) mass is 487 g/mol. The van der Waals surface area contributed by atoms with Gasteiger partial charge in [0.15, 0.2) is 11.5 Å². The van der Waals surface area contributed by atoms with Crippen LogP contribution in [0.15, 0.2) is 42.5 Å². The highest BCUT2D eigenvalue weighted by molar-refractivity contribution is 5.77. The summed E-state index contributed by atoms with van der Waals surface area (Å²) in [4.78, 5) is 19.6. The first-order chi connectivity index (χ1) is 16.9. The average molecular weight is 488 g/mol. The van der Waals surface area contributed by atoms with Crippen LogP contribution >= 0.6 is 0 Å². The van der Waals surface area contributed by atoms with Crippen LogP contribution in [0.4, 0.5) is 4.39 Å². The van der Waals surface area contributed by atoms with Gasteiger partial charge in [0.2, 0.25) is 5.91 Å². The standard InChI is InChI=1S/C26H34FN3O5/c1-28-9-11-30(12-10-28)25(32)16-26(19-34-22-6-4-21(27)5-7-22)18-29(13-14-35-26)17-20-3-8-24(33-2)23(31)15-20/h3-8,15,31H,9-14,16-19H2,1-2H3/t26-/m0/s1. The molecule has 1 N–H and O–H groups in total. The van der Waals surface area contributed by atoms with E-state index in [4.69, 9.17) is 14.2 Å². The van der Waals surface area contributed by atoms with Gasteiger partial charge in [-0.3, -0.25) is 9.69 Å². The predicted molar refractivity (Wildman–Crippen MR) is 129 cm³/mol. The van der Waals surface area contributed by atoms with Crippen LogP contribution in [0.2, 0.25) is 0 Å². The molecule has 0 spiro atoms. The van der Waals surface area contributed by atoms with Gasteiger partial charge in [-0.05, 0) is 49.0 Å². The summed E-state index contributed by atoms with van der Waals surface area (Å²) in [5.41, 5.74) is 0.0886. The zero-order valence-corrected chi connectivity index (χ0v) is 20.4. The number of aromatic hydroxyl groups is 1. The van der Waals surface area contributed by atoms with Gasteiger partial charge in [-0.25, -0.2) is 4.39 Å². The quantitative estimate of drug-likeness (QED) is 0.613. The van der Waals surface area contributed by atoms with E-state index < -0.39 is 5.60 Å². The number of halogens is 1. The molecule has 0 unspecified atom stereocenters. The Morgan fingerprint density at radius 3 is 2.54 bits per heavy atom. The lowest BCUT2D eigenvalue weighted by Gasteiger charge is -2.43. The van der Waals surface area contributed by atoms with E-state index in [0.29, 0.717) is 50.8 Å². The molecule has 9 heteroatoms. The van der Waals surface area contributed by atoms with Gasteiger partial charge in [0.1, 0.15) is 23.8 Å². The lowest BCUT2D eigenvalue weighted by molar-refractivity contribution is -0.157. The van der Waals surface area contributed by atoms with Crippen LogP contribution in [0.3, 0.4) is 0 Å². The number of hydrogen-bond acceptors (Lipinski definition) is 7. The minimum absolute atomic E-state index is 0.0461. The van der Waals surface area contributed by atoms with Gasteiger partial charge < -0.3 is 29.1 Å². The highest BCUT2D eigenvalue weighted by atomic mass is 19.1. The van der Waals surface area contributed by atoms with Crippen molar-refractivity contribution in [3.8, 4) is 17.2 Å². The summed E-state index contributed by atoms with van der Waals surface area (Å²) in [5, 5.41) is 10.2. The van der Waals surface area contributed by atoms with Crippen LogP contribution in [0.5, 0.6) is 17.2 Å². The van der Waals surface area contributed by atoms with Gasteiger partial charge >= 0.3 is 0 Å². The van der Waals surface area contributed by atoms with E-state index in [2.05, 4.69) is 16.8 Å². The first-order valence-corrected chi connectivity index (χ1v) is 11.9. The predicted octanol–water partition coefficient (Wildman–Crippen LogP) is 2.35. The molecule has 2 aromatic carbocycles. The molecule has 0 saturated carbocycles. The van der Waals surface area contributed by atoms with Crippen molar-refractivity contribution in [2.24, 2.45) is 0 Å². The minimum Gasteiger partial charge on any atom is -0.504 e. The molecule has 0 aromatic heterocycles. The Balaban J connectivity index is 1.48. The summed E-state index contributed by atoms with van der Waals surface area (Å²) in [6.45, 7) is 5.46. The number of likely N-dealkylation sites (N-methyl/N-ethyl adjacent to an activating group) is 1. The van der Waals surface area contributed by atoms with E-state index in [1.165, 1.54) is 19.2 Å². The van der Waals surface area contributed by atoms with Crippen molar-refractivity contribution in [1.29, 1.82) is 0 Å². The Morgan fingerprint density at radius 2 is 1.86 bits per heavy atom. The summed E-state index contributed by atoms with van der Waals surface area (Å²) in [5.74, 6) is 0.758. The first kappa shape index (κ1) is 25.2. The number of nitrogens with zero attached hydrogens (tertiary/aromatic N) is 3. The maximum Gasteiger partial charge on any atom is 0.225 e. The maximum absolute atomic E-state index is 13.3. The Bertz CT molecular complexity index is 997. The molecule has 0 radical (unpaired) electrons. The lowest BCUT2D eigenvalue weighted by atomic mass is 9.96. The second-order valence-electron chi connectivity index (χ2n) is 9.35. The van der Waals surface area contributed by atoms with E-state index in [1.807, 2.05) is 11.0 Å². The van der Waals surface area contributed by atoms with Gasteiger partial charge in [-0.1, -0.05) is 6.07 Å². The van der Waals surface area contributed by atoms with Gasteiger partial charge in [0.25, 0.3) is 0 Å². The summed E-state index contributed by atoms with van der Waals surface area (Å²) >= 11 is 0. The minimum atomic E-state index is -0.846. The van der Waals surface area contributed by atoms with Gasteiger partial charge in [-0.2, -0.15) is 0 Å². The summed E-state index contributed by atoms with van der Waals surface area (Å²) in [7, 11) is 3.57. The molecule has 4 rings (SSSR count). The second kappa shape index (κ2) is 11.2. The van der Waals surface area contributed by atoms with E-state index in [-0.39, 0.29) is 30.5 Å². The number of rotatable bonds is 8. The number of ether oxygens (including phenoxy) is 3. The van der Waals surface area contributed by atoms with Crippen molar-refractivity contribution in [2.75, 3.05) is 66.6 Å². The number of hydrogen-bond donors (Lipinski definition) is 1. The van der Waals surface area contributed by atoms with Gasteiger partial charge in [0, 0.05) is 45.8 Å². The van der Waals surface area contributed by atoms with Crippen LogP contribution in [-0.4, -0.2) is 98.0 Å².